The second-order valence-corrected chi connectivity index (χ2v) is 12.2. The van der Waals surface area contributed by atoms with Crippen molar-refractivity contribution in [1.82, 2.24) is 24.7 Å². The molecule has 15 heteroatoms. The highest BCUT2D eigenvalue weighted by Gasteiger charge is 2.40. The summed E-state index contributed by atoms with van der Waals surface area (Å²) in [6.07, 6.45) is 0.646. The fraction of sp³-hybridized carbons (Fsp3) is 0.400. The van der Waals surface area contributed by atoms with Gasteiger partial charge < -0.3 is 39.3 Å². The molecular formula is C30H35ClF2N7O5+. The number of rotatable bonds is 6. The molecule has 0 radical (unpaired) electrons. The number of hydrogen-bond acceptors (Lipinski definition) is 6. The normalized spacial score (nSPS) is 19.4. The van der Waals surface area contributed by atoms with E-state index < -0.39 is 23.6 Å². The zero-order chi connectivity index (χ0) is 32.6. The summed E-state index contributed by atoms with van der Waals surface area (Å²) in [6.45, 7) is 2.45. The van der Waals surface area contributed by atoms with Crippen LogP contribution in [0.1, 0.15) is 21.0 Å². The number of methoxy groups -OCH3 is 1. The molecule has 45 heavy (non-hydrogen) atoms. The molecule has 2 fully saturated rings. The topological polar surface area (TPSA) is 129 Å². The minimum Gasteiger partial charge on any atom is -0.494 e. The van der Waals surface area contributed by atoms with Crippen LogP contribution in [-0.2, 0) is 7.05 Å². The highest BCUT2D eigenvalue weighted by Crippen LogP contribution is 2.30. The van der Waals surface area contributed by atoms with Gasteiger partial charge in [0.2, 0.25) is 5.82 Å². The van der Waals surface area contributed by atoms with Crippen molar-refractivity contribution >= 4 is 35.1 Å². The Hall–Kier alpha value is -4.27. The summed E-state index contributed by atoms with van der Waals surface area (Å²) in [5, 5.41) is 16.0. The van der Waals surface area contributed by atoms with E-state index in [1.807, 2.05) is 14.1 Å². The van der Waals surface area contributed by atoms with E-state index in [9.17, 15) is 28.3 Å². The van der Waals surface area contributed by atoms with Crippen molar-refractivity contribution in [2.45, 2.75) is 12.1 Å². The largest absolute Gasteiger partial charge is 0.494 e. The molecule has 4 amide bonds. The van der Waals surface area contributed by atoms with Crippen LogP contribution in [0.3, 0.4) is 0 Å². The molecule has 0 saturated carbocycles. The fourth-order valence-corrected chi connectivity index (χ4v) is 6.01. The number of imidazole rings is 1. The molecular weight excluding hydrogens is 612 g/mol. The van der Waals surface area contributed by atoms with Crippen LogP contribution in [0.2, 0.25) is 5.02 Å². The summed E-state index contributed by atoms with van der Waals surface area (Å²) >= 11 is 6.45. The maximum absolute atomic E-state index is 14.6. The number of halogens is 3. The first-order chi connectivity index (χ1) is 21.3. The van der Waals surface area contributed by atoms with Crippen LogP contribution in [0.5, 0.6) is 5.75 Å². The van der Waals surface area contributed by atoms with Crippen molar-refractivity contribution in [3.05, 3.63) is 64.6 Å². The molecule has 2 aliphatic rings. The van der Waals surface area contributed by atoms with Gasteiger partial charge in [-0.25, -0.2) is 14.2 Å². The van der Waals surface area contributed by atoms with Crippen molar-refractivity contribution in [2.24, 2.45) is 7.05 Å². The van der Waals surface area contributed by atoms with Crippen molar-refractivity contribution in [3.8, 4) is 17.0 Å². The summed E-state index contributed by atoms with van der Waals surface area (Å²) in [5.74, 6) is -3.54. The molecule has 3 heterocycles. The first-order valence-corrected chi connectivity index (χ1v) is 14.7. The zero-order valence-electron chi connectivity index (χ0n) is 25.3. The third kappa shape index (κ3) is 6.58. The van der Waals surface area contributed by atoms with E-state index in [0.717, 1.165) is 0 Å². The standard InChI is InChI=1S/C30H34ClF2N7O5/c1-37-22(19-7-8-24(45-4)26(33)25(19)32)14-34-27(37)28(42)35-17-5-6-18(20(31)13-17)29(43)38-9-11-39(12-10-38)30(44)36-21-15-40(2,3)16-23(21)41/h5-8,13-14,21,23,41H,9-12,15-16H2,1-4H3,(H-,35,36,42,43,44)/p+1. The minimum atomic E-state index is -1.15. The number of quaternary nitrogens is 1. The van der Waals surface area contributed by atoms with Crippen LogP contribution in [0.15, 0.2) is 36.5 Å². The van der Waals surface area contributed by atoms with Crippen molar-refractivity contribution in [3.63, 3.8) is 0 Å². The van der Waals surface area contributed by atoms with E-state index in [2.05, 4.69) is 15.6 Å². The maximum Gasteiger partial charge on any atom is 0.318 e. The van der Waals surface area contributed by atoms with Gasteiger partial charge in [0.25, 0.3) is 11.8 Å². The maximum atomic E-state index is 14.6. The van der Waals surface area contributed by atoms with Gasteiger partial charge in [0.15, 0.2) is 17.4 Å². The van der Waals surface area contributed by atoms with Gasteiger partial charge in [0.1, 0.15) is 25.2 Å². The van der Waals surface area contributed by atoms with Crippen LogP contribution >= 0.6 is 11.6 Å². The van der Waals surface area contributed by atoms with Gasteiger partial charge >= 0.3 is 6.03 Å². The number of urea groups is 1. The smallest absolute Gasteiger partial charge is 0.318 e. The number of nitrogens with zero attached hydrogens (tertiary/aromatic N) is 5. The van der Waals surface area contributed by atoms with Crippen LogP contribution in [0.25, 0.3) is 11.3 Å². The number of nitrogens with one attached hydrogen (secondary N) is 2. The Kier molecular flexibility index (Phi) is 9.01. The molecule has 2 unspecified atom stereocenters. The Labute approximate surface area is 263 Å². The van der Waals surface area contributed by atoms with Gasteiger partial charge in [0, 0.05) is 44.5 Å². The zero-order valence-corrected chi connectivity index (χ0v) is 26.1. The van der Waals surface area contributed by atoms with Gasteiger partial charge in [-0.05, 0) is 30.3 Å². The molecule has 2 aliphatic heterocycles. The lowest BCUT2D eigenvalue weighted by Crippen LogP contribution is -2.56. The summed E-state index contributed by atoms with van der Waals surface area (Å²) < 4.78 is 35.7. The number of aliphatic hydroxyl groups excluding tert-OH is 1. The second kappa shape index (κ2) is 12.6. The number of anilines is 1. The predicted molar refractivity (Wildman–Crippen MR) is 162 cm³/mol. The third-order valence-corrected chi connectivity index (χ3v) is 8.50. The Balaban J connectivity index is 1.19. The van der Waals surface area contributed by atoms with E-state index >= 15 is 0 Å². The van der Waals surface area contributed by atoms with Crippen molar-refractivity contribution in [1.29, 1.82) is 0 Å². The molecule has 12 nitrogen and oxygen atoms in total. The van der Waals surface area contributed by atoms with Gasteiger partial charge in [-0.3, -0.25) is 9.59 Å². The number of hydrogen-bond donors (Lipinski definition) is 3. The SMILES string of the molecule is COc1ccc(-c2cnc(C(=O)Nc3ccc(C(=O)N4CCN(C(=O)NC5C[N+](C)(C)CC5O)CC4)c(Cl)c3)n2C)c(F)c1F. The molecule has 5 rings (SSSR count). The Bertz CT molecular complexity index is 1640. The van der Waals surface area contributed by atoms with Gasteiger partial charge in [-0.1, -0.05) is 11.6 Å². The van der Waals surface area contributed by atoms with Crippen LogP contribution in [-0.4, -0.2) is 119 Å². The first-order valence-electron chi connectivity index (χ1n) is 14.3. The summed E-state index contributed by atoms with van der Waals surface area (Å²) in [4.78, 5) is 46.3. The van der Waals surface area contributed by atoms with Gasteiger partial charge in [0.05, 0.1) is 43.7 Å². The van der Waals surface area contributed by atoms with E-state index in [1.54, 1.807) is 9.80 Å². The number of aromatic nitrogens is 2. The Morgan fingerprint density at radius 2 is 1.73 bits per heavy atom. The molecule has 0 bridgehead atoms. The number of ether oxygens (including phenoxy) is 1. The molecule has 2 atom stereocenters. The van der Waals surface area contributed by atoms with E-state index in [4.69, 9.17) is 16.3 Å². The average molecular weight is 647 g/mol. The van der Waals surface area contributed by atoms with Crippen LogP contribution in [0.4, 0.5) is 19.3 Å². The highest BCUT2D eigenvalue weighted by atomic mass is 35.5. The second-order valence-electron chi connectivity index (χ2n) is 11.8. The lowest BCUT2D eigenvalue weighted by molar-refractivity contribution is -0.879. The monoisotopic (exact) mass is 646 g/mol. The number of likely N-dealkylation sites (N-methyl/N-ethyl adjacent to an activating group) is 1. The highest BCUT2D eigenvalue weighted by molar-refractivity contribution is 6.34. The van der Waals surface area contributed by atoms with E-state index in [-0.39, 0.29) is 51.4 Å². The lowest BCUT2D eigenvalue weighted by Gasteiger charge is -2.35. The quantitative estimate of drug-likeness (QED) is 0.353. The molecule has 0 spiro atoms. The number of piperazine rings is 1. The van der Waals surface area contributed by atoms with Gasteiger partial charge in [-0.15, -0.1) is 0 Å². The Morgan fingerprint density at radius 1 is 1.04 bits per heavy atom. The summed E-state index contributed by atoms with van der Waals surface area (Å²) in [6, 6.07) is 6.48. The number of amides is 4. The number of carbonyl (C=O) groups is 3. The van der Waals surface area contributed by atoms with Crippen LogP contribution in [0, 0.1) is 11.6 Å². The number of likely N-dealkylation sites (tertiary alicyclic amines) is 1. The van der Waals surface area contributed by atoms with Crippen molar-refractivity contribution in [2.75, 3.05) is 65.8 Å². The minimum absolute atomic E-state index is 0.0657. The van der Waals surface area contributed by atoms with E-state index in [0.29, 0.717) is 49.4 Å². The van der Waals surface area contributed by atoms with Gasteiger partial charge in [-0.2, -0.15) is 4.39 Å². The molecule has 3 N–H and O–H groups in total. The summed E-state index contributed by atoms with van der Waals surface area (Å²) in [7, 11) is 6.72. The molecule has 2 aromatic carbocycles. The Morgan fingerprint density at radius 3 is 2.36 bits per heavy atom. The van der Waals surface area contributed by atoms with E-state index in [1.165, 1.54) is 55.3 Å². The predicted octanol–water partition coefficient (Wildman–Crippen LogP) is 2.57. The molecule has 3 aromatic rings. The molecule has 0 aliphatic carbocycles. The molecule has 1 aromatic heterocycles. The number of carbonyl (C=O) groups excluding carboxylic acids is 3. The third-order valence-electron chi connectivity index (χ3n) is 8.19. The summed E-state index contributed by atoms with van der Waals surface area (Å²) in [5.41, 5.74) is 0.615. The van der Waals surface area contributed by atoms with Crippen LogP contribution < -0.4 is 15.4 Å². The first kappa shape index (κ1) is 32.1. The average Bonchev–Trinajstić information content (AvgIpc) is 3.50. The fourth-order valence-electron chi connectivity index (χ4n) is 5.75. The lowest BCUT2D eigenvalue weighted by atomic mass is 10.1. The number of aliphatic hydroxyl groups is 1. The molecule has 240 valence electrons. The number of benzene rings is 2. The molecule has 2 saturated heterocycles. The van der Waals surface area contributed by atoms with Crippen molar-refractivity contribution < 1.29 is 37.5 Å².